The summed E-state index contributed by atoms with van der Waals surface area (Å²) in [5.41, 5.74) is 10.4. The second-order valence-corrected chi connectivity index (χ2v) is 6.14. The molecule has 12 nitrogen and oxygen atoms in total. The Labute approximate surface area is 169 Å². The molecule has 0 atom stereocenters. The molecule has 0 fully saturated rings. The van der Waals surface area contributed by atoms with E-state index < -0.39 is 17.4 Å². The Morgan fingerprint density at radius 3 is 2.57 bits per heavy atom. The fourth-order valence-corrected chi connectivity index (χ4v) is 2.61. The van der Waals surface area contributed by atoms with Crippen molar-refractivity contribution in [1.82, 2.24) is 19.5 Å². The van der Waals surface area contributed by atoms with E-state index in [-0.39, 0.29) is 52.9 Å². The van der Waals surface area contributed by atoms with Gasteiger partial charge in [-0.05, 0) is 12.1 Å². The van der Waals surface area contributed by atoms with Crippen molar-refractivity contribution in [2.24, 2.45) is 12.8 Å². The number of nitrogens with two attached hydrogens (primary N) is 2. The number of aromatic nitrogens is 4. The van der Waals surface area contributed by atoms with Crippen molar-refractivity contribution in [2.45, 2.75) is 6.42 Å². The van der Waals surface area contributed by atoms with Gasteiger partial charge < -0.3 is 20.9 Å². The van der Waals surface area contributed by atoms with Gasteiger partial charge in [-0.25, -0.2) is 15.0 Å². The lowest BCUT2D eigenvalue weighted by Gasteiger charge is -2.15. The maximum atomic E-state index is 12.8. The average molecular weight is 413 g/mol. The molecule has 30 heavy (non-hydrogen) atoms. The van der Waals surface area contributed by atoms with Gasteiger partial charge in [-0.1, -0.05) is 0 Å². The molecule has 3 rings (SSSR count). The molecule has 0 saturated carbocycles. The van der Waals surface area contributed by atoms with Crippen molar-refractivity contribution in [3.05, 3.63) is 40.4 Å². The number of hydrogen-bond donors (Lipinski definition) is 3. The predicted octanol–water partition coefficient (Wildman–Crippen LogP) is -0.179. The lowest BCUT2D eigenvalue weighted by molar-refractivity contribution is -0.118. The van der Waals surface area contributed by atoms with Gasteiger partial charge in [0.1, 0.15) is 5.52 Å². The van der Waals surface area contributed by atoms with E-state index in [1.807, 2.05) is 0 Å². The monoisotopic (exact) mass is 413 g/mol. The second kappa shape index (κ2) is 8.43. The number of nitrogen functional groups attached to an aromatic ring is 1. The van der Waals surface area contributed by atoms with Gasteiger partial charge in [-0.15, -0.1) is 0 Å². The molecule has 2 heterocycles. The summed E-state index contributed by atoms with van der Waals surface area (Å²) in [5.74, 6) is -0.640. The van der Waals surface area contributed by atoms with E-state index in [1.54, 1.807) is 0 Å². The zero-order valence-corrected chi connectivity index (χ0v) is 16.2. The van der Waals surface area contributed by atoms with Crippen molar-refractivity contribution in [3.63, 3.8) is 0 Å². The number of amides is 2. The average Bonchev–Trinajstić information content (AvgIpc) is 2.71. The first-order valence-corrected chi connectivity index (χ1v) is 8.69. The van der Waals surface area contributed by atoms with Gasteiger partial charge in [0.25, 0.3) is 11.5 Å². The van der Waals surface area contributed by atoms with E-state index >= 15 is 0 Å². The molecule has 2 aromatic heterocycles. The van der Waals surface area contributed by atoms with Crippen LogP contribution in [0, 0.1) is 0 Å². The molecular formula is C18H19N7O5. The molecule has 0 aliphatic rings. The van der Waals surface area contributed by atoms with Crippen LogP contribution in [0.3, 0.4) is 0 Å². The van der Waals surface area contributed by atoms with Gasteiger partial charge in [0, 0.05) is 19.4 Å². The molecule has 0 radical (unpaired) electrons. The number of rotatable bonds is 7. The molecule has 0 unspecified atom stereocenters. The number of primary amides is 1. The van der Waals surface area contributed by atoms with Crippen LogP contribution in [-0.2, 0) is 11.8 Å². The number of fused-ring (bicyclic) bond motifs is 1. The Morgan fingerprint density at radius 2 is 1.93 bits per heavy atom. The highest BCUT2D eigenvalue weighted by Gasteiger charge is 2.18. The first-order chi connectivity index (χ1) is 14.3. The Hall–Kier alpha value is -4.22. The van der Waals surface area contributed by atoms with Crippen LogP contribution in [0.5, 0.6) is 11.5 Å². The molecule has 0 saturated heterocycles. The van der Waals surface area contributed by atoms with Gasteiger partial charge in [0.2, 0.25) is 17.8 Å². The quantitative estimate of drug-likeness (QED) is 0.474. The van der Waals surface area contributed by atoms with Gasteiger partial charge >= 0.3 is 0 Å². The van der Waals surface area contributed by atoms with Gasteiger partial charge in [0.15, 0.2) is 11.5 Å². The molecule has 0 spiro atoms. The fourth-order valence-electron chi connectivity index (χ4n) is 2.61. The molecule has 3 aromatic rings. The van der Waals surface area contributed by atoms with E-state index in [9.17, 15) is 14.4 Å². The number of anilines is 2. The maximum absolute atomic E-state index is 12.8. The van der Waals surface area contributed by atoms with Crippen molar-refractivity contribution >= 4 is 34.6 Å². The Balaban J connectivity index is 2.01. The highest BCUT2D eigenvalue weighted by molar-refractivity contribution is 6.03. The second-order valence-electron chi connectivity index (χ2n) is 6.14. The lowest BCUT2D eigenvalue weighted by Crippen LogP contribution is -2.25. The van der Waals surface area contributed by atoms with Crippen LogP contribution in [-0.4, -0.2) is 45.1 Å². The number of nitrogens with zero attached hydrogens (tertiary/aromatic N) is 4. The summed E-state index contributed by atoms with van der Waals surface area (Å²) in [4.78, 5) is 48.0. The number of ether oxygens (including phenoxy) is 2. The van der Waals surface area contributed by atoms with E-state index in [4.69, 9.17) is 20.9 Å². The minimum atomic E-state index is -0.579. The van der Waals surface area contributed by atoms with E-state index in [1.165, 1.54) is 43.3 Å². The van der Waals surface area contributed by atoms with Crippen LogP contribution in [0.2, 0.25) is 0 Å². The first kappa shape index (κ1) is 20.5. The fraction of sp³-hybridized carbons (Fsp3) is 0.222. The number of benzene rings is 1. The summed E-state index contributed by atoms with van der Waals surface area (Å²) in [7, 11) is 2.85. The van der Waals surface area contributed by atoms with E-state index in [2.05, 4.69) is 20.3 Å². The van der Waals surface area contributed by atoms with Crippen molar-refractivity contribution in [3.8, 4) is 11.5 Å². The van der Waals surface area contributed by atoms with Crippen LogP contribution < -0.4 is 31.8 Å². The molecule has 156 valence electrons. The van der Waals surface area contributed by atoms with Crippen molar-refractivity contribution < 1.29 is 19.1 Å². The third kappa shape index (κ3) is 4.11. The maximum Gasteiger partial charge on any atom is 0.262 e. The van der Waals surface area contributed by atoms with Crippen LogP contribution >= 0.6 is 0 Å². The van der Waals surface area contributed by atoms with Crippen LogP contribution in [0.4, 0.5) is 11.9 Å². The Kier molecular flexibility index (Phi) is 5.76. The van der Waals surface area contributed by atoms with Gasteiger partial charge in [0.05, 0.1) is 31.1 Å². The Morgan fingerprint density at radius 1 is 1.23 bits per heavy atom. The van der Waals surface area contributed by atoms with Gasteiger partial charge in [-0.3, -0.25) is 24.3 Å². The molecule has 0 aliphatic heterocycles. The van der Waals surface area contributed by atoms with Crippen LogP contribution in [0.1, 0.15) is 16.8 Å². The summed E-state index contributed by atoms with van der Waals surface area (Å²) in [6, 6.07) is 3.06. The smallest absolute Gasteiger partial charge is 0.262 e. The molecule has 0 bridgehead atoms. The van der Waals surface area contributed by atoms with Crippen molar-refractivity contribution in [2.75, 3.05) is 24.8 Å². The highest BCUT2D eigenvalue weighted by Crippen LogP contribution is 2.33. The number of carbonyl (C=O) groups excluding carboxylic acids is 2. The zero-order chi connectivity index (χ0) is 21.8. The Bertz CT molecular complexity index is 1170. The van der Waals surface area contributed by atoms with Gasteiger partial charge in [-0.2, -0.15) is 0 Å². The first-order valence-electron chi connectivity index (χ1n) is 8.69. The summed E-state index contributed by atoms with van der Waals surface area (Å²) in [6.07, 6.45) is 2.51. The third-order valence-electron chi connectivity index (χ3n) is 4.14. The largest absolute Gasteiger partial charge is 0.491 e. The summed E-state index contributed by atoms with van der Waals surface area (Å²) in [6.45, 7) is 0.0305. The van der Waals surface area contributed by atoms with E-state index in [0.29, 0.717) is 0 Å². The number of nitrogens with one attached hydrogen (secondary N) is 1. The molecule has 12 heteroatoms. The predicted molar refractivity (Wildman–Crippen MR) is 107 cm³/mol. The SMILES string of the molecule is COc1c(OCCC(N)=O)ccc2c(=O)n(C)c(NC(=O)c3cnc(N)nc3)nc12. The number of hydrogen-bond acceptors (Lipinski definition) is 9. The minimum Gasteiger partial charge on any atom is -0.491 e. The third-order valence-corrected chi connectivity index (χ3v) is 4.14. The standard InChI is InChI=1S/C18H19N7O5/c1-25-16(28)10-3-4-11(30-6-5-12(19)26)14(29-2)13(10)23-18(25)24-15(27)9-7-21-17(20)22-8-9/h3-4,7-8H,5-6H2,1-2H3,(H2,19,26)(H2,20,21,22)(H,23,24,27). The molecule has 2 amide bonds. The lowest BCUT2D eigenvalue weighted by atomic mass is 10.2. The normalized spacial score (nSPS) is 10.6. The summed E-state index contributed by atoms with van der Waals surface area (Å²) in [5, 5.41) is 2.80. The van der Waals surface area contributed by atoms with Crippen molar-refractivity contribution in [1.29, 1.82) is 0 Å². The highest BCUT2D eigenvalue weighted by atomic mass is 16.5. The molecule has 0 aliphatic carbocycles. The zero-order valence-electron chi connectivity index (χ0n) is 16.2. The number of carbonyl (C=O) groups is 2. The van der Waals surface area contributed by atoms with Crippen LogP contribution in [0.25, 0.3) is 10.9 Å². The molecule has 5 N–H and O–H groups in total. The number of methoxy groups -OCH3 is 1. The molecule has 1 aromatic carbocycles. The van der Waals surface area contributed by atoms with E-state index in [0.717, 1.165) is 0 Å². The molecular weight excluding hydrogens is 394 g/mol. The summed E-state index contributed by atoms with van der Waals surface area (Å²) < 4.78 is 12.1. The minimum absolute atomic E-state index is 0.0101. The summed E-state index contributed by atoms with van der Waals surface area (Å²) >= 11 is 0. The topological polar surface area (TPSA) is 177 Å². The van der Waals surface area contributed by atoms with Crippen LogP contribution in [0.15, 0.2) is 29.3 Å².